The van der Waals surface area contributed by atoms with Crippen LogP contribution in [0.25, 0.3) is 0 Å². The molecule has 8 heteroatoms. The van der Waals surface area contributed by atoms with Crippen LogP contribution in [0.3, 0.4) is 0 Å². The number of nitrogens with zero attached hydrogens (tertiary/aromatic N) is 1. The van der Waals surface area contributed by atoms with Gasteiger partial charge in [-0.1, -0.05) is 18.2 Å². The van der Waals surface area contributed by atoms with E-state index in [0.717, 1.165) is 11.1 Å². The Balaban J connectivity index is 1.68. The van der Waals surface area contributed by atoms with Crippen LogP contribution < -0.4 is 5.32 Å². The van der Waals surface area contributed by atoms with E-state index in [9.17, 15) is 18.0 Å². The van der Waals surface area contributed by atoms with Gasteiger partial charge in [0.1, 0.15) is 6.04 Å². The van der Waals surface area contributed by atoms with Crippen molar-refractivity contribution in [2.45, 2.75) is 19.1 Å². The van der Waals surface area contributed by atoms with Crippen molar-refractivity contribution in [2.75, 3.05) is 31.7 Å². The molecule has 0 spiro atoms. The quantitative estimate of drug-likeness (QED) is 0.782. The highest BCUT2D eigenvalue weighted by molar-refractivity contribution is 7.92. The maximum Gasteiger partial charge on any atom is 0.255 e. The molecule has 1 N–H and O–H groups in total. The van der Waals surface area contributed by atoms with Crippen molar-refractivity contribution < 1.29 is 22.7 Å². The number of Topliss-reactive ketones (excluding diaryl/α,β-unsaturated/α-hetero) is 1. The number of amides is 1. The van der Waals surface area contributed by atoms with Gasteiger partial charge in [0.15, 0.2) is 15.6 Å². The van der Waals surface area contributed by atoms with Crippen LogP contribution in [0.5, 0.6) is 0 Å². The van der Waals surface area contributed by atoms with Crippen molar-refractivity contribution in [2.24, 2.45) is 5.92 Å². The highest BCUT2D eigenvalue weighted by Crippen LogP contribution is 2.37. The van der Waals surface area contributed by atoms with Crippen molar-refractivity contribution in [3.05, 3.63) is 58.8 Å². The fraction of sp³-hybridized carbons (Fsp3) is 0.429. The van der Waals surface area contributed by atoms with Gasteiger partial charge in [-0.3, -0.25) is 9.59 Å². The lowest BCUT2D eigenvalue weighted by Gasteiger charge is -2.36. The van der Waals surface area contributed by atoms with E-state index in [1.54, 1.807) is 31.4 Å². The Labute approximate surface area is 170 Å². The zero-order chi connectivity index (χ0) is 20.8. The molecule has 1 aromatic carbocycles. The van der Waals surface area contributed by atoms with Gasteiger partial charge in [0.2, 0.25) is 0 Å². The molecule has 2 unspecified atom stereocenters. The number of nitrogens with one attached hydrogen (secondary N) is 1. The molecule has 1 fully saturated rings. The number of ether oxygens (including phenoxy) is 1. The summed E-state index contributed by atoms with van der Waals surface area (Å²) < 4.78 is 29.1. The van der Waals surface area contributed by atoms with E-state index in [1.165, 1.54) is 4.90 Å². The maximum atomic E-state index is 13.2. The second-order valence-corrected chi connectivity index (χ2v) is 9.84. The number of ketones is 1. The molecule has 4 rings (SSSR count). The van der Waals surface area contributed by atoms with Gasteiger partial charge in [0.05, 0.1) is 23.2 Å². The maximum absolute atomic E-state index is 13.2. The van der Waals surface area contributed by atoms with E-state index in [2.05, 4.69) is 5.32 Å². The topological polar surface area (TPSA) is 92.8 Å². The van der Waals surface area contributed by atoms with E-state index in [4.69, 9.17) is 4.74 Å². The van der Waals surface area contributed by atoms with E-state index in [-0.39, 0.29) is 29.1 Å². The first kappa shape index (κ1) is 19.8. The molecule has 0 saturated carbocycles. The molecule has 154 valence electrons. The molecule has 3 aliphatic heterocycles. The molecule has 29 heavy (non-hydrogen) atoms. The Hall–Kier alpha value is -2.45. The Morgan fingerprint density at radius 3 is 2.62 bits per heavy atom. The number of likely N-dealkylation sites (N-methyl/N-ethyl adjacent to an activating group) is 1. The minimum absolute atomic E-state index is 0.0816. The molecule has 1 aromatic rings. The van der Waals surface area contributed by atoms with Crippen molar-refractivity contribution >= 4 is 21.5 Å². The average Bonchev–Trinajstić information content (AvgIpc) is 2.69. The lowest BCUT2D eigenvalue weighted by molar-refractivity contribution is 0.0269. The van der Waals surface area contributed by atoms with Crippen molar-refractivity contribution in [1.29, 1.82) is 0 Å². The van der Waals surface area contributed by atoms with Crippen LogP contribution in [0, 0.1) is 5.92 Å². The summed E-state index contributed by atoms with van der Waals surface area (Å²) in [6, 6.07) is 4.53. The Bertz CT molecular complexity index is 1020. The standard InChI is InChI=1S/C21H24N2O5S/c1-3-28-20(15-11-29(26,27)12-15)13-6-7-16-17(9-13)21(25)23(2)18(19(16)24)14-5-4-8-22-10-14/h4-9,15,18,20,22H,3,10-12H2,1-2H3. The number of dihydropyridines is 1. The number of hydrogen-bond acceptors (Lipinski definition) is 6. The summed E-state index contributed by atoms with van der Waals surface area (Å²) in [5.41, 5.74) is 2.32. The van der Waals surface area contributed by atoms with Gasteiger partial charge in [0.25, 0.3) is 5.91 Å². The number of fused-ring (bicyclic) bond motifs is 1. The molecule has 1 saturated heterocycles. The Morgan fingerprint density at radius 1 is 1.24 bits per heavy atom. The highest BCUT2D eigenvalue weighted by Gasteiger charge is 2.42. The average molecular weight is 416 g/mol. The summed E-state index contributed by atoms with van der Waals surface area (Å²) in [5, 5.41) is 3.08. The summed E-state index contributed by atoms with van der Waals surface area (Å²) >= 11 is 0. The van der Waals surface area contributed by atoms with E-state index < -0.39 is 22.0 Å². The number of hydrogen-bond donors (Lipinski definition) is 1. The number of benzene rings is 1. The van der Waals surface area contributed by atoms with Crippen molar-refractivity contribution in [3.63, 3.8) is 0 Å². The molecule has 1 amide bonds. The number of carbonyl (C=O) groups is 2. The summed E-state index contributed by atoms with van der Waals surface area (Å²) in [7, 11) is -1.36. The number of carbonyl (C=O) groups excluding carboxylic acids is 2. The van der Waals surface area contributed by atoms with Gasteiger partial charge >= 0.3 is 0 Å². The largest absolute Gasteiger partial charge is 0.387 e. The third-order valence-electron chi connectivity index (χ3n) is 5.72. The summed E-state index contributed by atoms with van der Waals surface area (Å²) in [4.78, 5) is 27.7. The second-order valence-electron chi connectivity index (χ2n) is 7.68. The third kappa shape index (κ3) is 3.51. The lowest BCUT2D eigenvalue weighted by atomic mass is 9.85. The molecule has 0 aliphatic carbocycles. The highest BCUT2D eigenvalue weighted by atomic mass is 32.2. The summed E-state index contributed by atoms with van der Waals surface area (Å²) in [6.45, 7) is 2.80. The predicted molar refractivity (Wildman–Crippen MR) is 108 cm³/mol. The molecule has 7 nitrogen and oxygen atoms in total. The summed E-state index contributed by atoms with van der Waals surface area (Å²) in [6.07, 6.45) is 5.08. The zero-order valence-electron chi connectivity index (χ0n) is 16.4. The first-order valence-corrected chi connectivity index (χ1v) is 11.5. The molecule has 3 heterocycles. The van der Waals surface area contributed by atoms with Crippen molar-refractivity contribution in [3.8, 4) is 0 Å². The minimum atomic E-state index is -2.99. The van der Waals surface area contributed by atoms with Crippen LogP contribution in [-0.2, 0) is 14.6 Å². The van der Waals surface area contributed by atoms with Gasteiger partial charge in [-0.2, -0.15) is 0 Å². The lowest BCUT2D eigenvalue weighted by Crippen LogP contribution is -2.50. The number of sulfone groups is 1. The molecule has 0 bridgehead atoms. The number of allylic oxidation sites excluding steroid dienone is 2. The van der Waals surface area contributed by atoms with Crippen LogP contribution in [0.2, 0.25) is 0 Å². The van der Waals surface area contributed by atoms with Crippen LogP contribution in [0.1, 0.15) is 39.3 Å². The smallest absolute Gasteiger partial charge is 0.255 e. The first-order valence-electron chi connectivity index (χ1n) is 9.68. The van der Waals surface area contributed by atoms with Gasteiger partial charge in [0, 0.05) is 31.7 Å². The number of rotatable bonds is 5. The minimum Gasteiger partial charge on any atom is -0.387 e. The molecule has 2 atom stereocenters. The normalized spacial score (nSPS) is 24.4. The molecular weight excluding hydrogens is 392 g/mol. The third-order valence-corrected chi connectivity index (χ3v) is 7.59. The van der Waals surface area contributed by atoms with Crippen LogP contribution in [0.4, 0.5) is 0 Å². The van der Waals surface area contributed by atoms with Crippen molar-refractivity contribution in [1.82, 2.24) is 10.2 Å². The van der Waals surface area contributed by atoms with Crippen LogP contribution in [-0.4, -0.2) is 62.8 Å². The summed E-state index contributed by atoms with van der Waals surface area (Å²) in [5.74, 6) is -0.311. The first-order chi connectivity index (χ1) is 13.8. The Kier molecular flexibility index (Phi) is 5.08. The van der Waals surface area contributed by atoms with Crippen LogP contribution in [0.15, 0.2) is 42.1 Å². The van der Waals surface area contributed by atoms with Gasteiger partial charge in [-0.25, -0.2) is 8.42 Å². The molecular formula is C21H24N2O5S. The second kappa shape index (κ2) is 7.42. The molecule has 0 radical (unpaired) electrons. The monoisotopic (exact) mass is 416 g/mol. The van der Waals surface area contributed by atoms with Gasteiger partial charge in [-0.15, -0.1) is 0 Å². The van der Waals surface area contributed by atoms with Gasteiger partial charge in [-0.05, 0) is 36.4 Å². The van der Waals surface area contributed by atoms with Crippen LogP contribution >= 0.6 is 0 Å². The van der Waals surface area contributed by atoms with Gasteiger partial charge < -0.3 is 15.0 Å². The Morgan fingerprint density at radius 2 is 2.00 bits per heavy atom. The molecule has 3 aliphatic rings. The fourth-order valence-corrected chi connectivity index (χ4v) is 5.86. The fourth-order valence-electron chi connectivity index (χ4n) is 4.30. The predicted octanol–water partition coefficient (Wildman–Crippen LogP) is 1.49. The SMILES string of the molecule is CCOC(c1ccc2c(c1)C(=O)N(C)C(C1=CC=CNC1)C2=O)C1CS(=O)(=O)C1. The van der Waals surface area contributed by atoms with E-state index >= 15 is 0 Å². The van der Waals surface area contributed by atoms with E-state index in [0.29, 0.717) is 24.3 Å². The molecule has 0 aromatic heterocycles. The van der Waals surface area contributed by atoms with E-state index in [1.807, 2.05) is 19.1 Å². The zero-order valence-corrected chi connectivity index (χ0v) is 17.2.